The normalized spacial score (nSPS) is 10.6. The molecule has 0 aliphatic heterocycles. The molecule has 0 spiro atoms. The Bertz CT molecular complexity index is 738. The molecule has 1 heterocycles. The Morgan fingerprint density at radius 3 is 2.67 bits per heavy atom. The zero-order chi connectivity index (χ0) is 14.7. The lowest BCUT2D eigenvalue weighted by atomic mass is 10.2. The van der Waals surface area contributed by atoms with Crippen LogP contribution in [0.15, 0.2) is 52.9 Å². The van der Waals surface area contributed by atoms with Crippen LogP contribution in [-0.4, -0.2) is 10.2 Å². The number of hydrogen-bond donors (Lipinski definition) is 0. The van der Waals surface area contributed by atoms with E-state index in [0.29, 0.717) is 11.5 Å². The van der Waals surface area contributed by atoms with E-state index in [-0.39, 0.29) is 18.3 Å². The van der Waals surface area contributed by atoms with Crippen molar-refractivity contribution < 1.29 is 13.5 Å². The summed E-state index contributed by atoms with van der Waals surface area (Å²) in [7, 11) is 0. The van der Waals surface area contributed by atoms with Crippen LogP contribution in [0.25, 0.3) is 11.5 Å². The third-order valence-electron chi connectivity index (χ3n) is 2.92. The molecule has 0 atom stereocenters. The van der Waals surface area contributed by atoms with Crippen molar-refractivity contribution in [3.63, 3.8) is 0 Å². The molecule has 3 rings (SSSR count). The van der Waals surface area contributed by atoms with Crippen molar-refractivity contribution in [2.45, 2.75) is 13.5 Å². The van der Waals surface area contributed by atoms with Crippen LogP contribution in [-0.2, 0) is 6.61 Å². The predicted molar refractivity (Wildman–Crippen MR) is 75.2 cm³/mol. The number of hydrogen-bond acceptors (Lipinski definition) is 4. The van der Waals surface area contributed by atoms with Gasteiger partial charge in [0.15, 0.2) is 6.61 Å². The highest BCUT2D eigenvalue weighted by atomic mass is 19.1. The van der Waals surface area contributed by atoms with Crippen molar-refractivity contribution >= 4 is 0 Å². The lowest BCUT2D eigenvalue weighted by molar-refractivity contribution is 0.264. The van der Waals surface area contributed by atoms with Crippen LogP contribution in [0.2, 0.25) is 0 Å². The second kappa shape index (κ2) is 5.75. The molecule has 0 saturated heterocycles. The number of halogens is 1. The highest BCUT2D eigenvalue weighted by Gasteiger charge is 2.09. The third-order valence-corrected chi connectivity index (χ3v) is 2.92. The maximum atomic E-state index is 13.1. The summed E-state index contributed by atoms with van der Waals surface area (Å²) in [6.45, 7) is 2.18. The number of nitrogens with zero attached hydrogens (tertiary/aromatic N) is 2. The summed E-state index contributed by atoms with van der Waals surface area (Å²) in [4.78, 5) is 0. The van der Waals surface area contributed by atoms with Gasteiger partial charge in [0.25, 0.3) is 5.89 Å². The fourth-order valence-electron chi connectivity index (χ4n) is 1.83. The topological polar surface area (TPSA) is 48.2 Å². The van der Waals surface area contributed by atoms with E-state index in [1.807, 2.05) is 31.2 Å². The van der Waals surface area contributed by atoms with Crippen molar-refractivity contribution in [3.8, 4) is 17.2 Å². The van der Waals surface area contributed by atoms with E-state index in [1.165, 1.54) is 12.1 Å². The first-order chi connectivity index (χ1) is 10.2. The summed E-state index contributed by atoms with van der Waals surface area (Å²) >= 11 is 0. The van der Waals surface area contributed by atoms with Gasteiger partial charge in [-0.15, -0.1) is 10.2 Å². The van der Waals surface area contributed by atoms with Gasteiger partial charge < -0.3 is 9.15 Å². The first kappa shape index (κ1) is 13.3. The Labute approximate surface area is 121 Å². The van der Waals surface area contributed by atoms with Crippen molar-refractivity contribution in [2.24, 2.45) is 0 Å². The number of aryl methyl sites for hydroxylation is 1. The maximum absolute atomic E-state index is 13.1. The van der Waals surface area contributed by atoms with E-state index in [0.717, 1.165) is 11.3 Å². The second-order valence-corrected chi connectivity index (χ2v) is 4.61. The van der Waals surface area contributed by atoms with Gasteiger partial charge in [-0.3, -0.25) is 0 Å². The van der Waals surface area contributed by atoms with E-state index in [1.54, 1.807) is 12.1 Å². The summed E-state index contributed by atoms with van der Waals surface area (Å²) in [6, 6.07) is 13.7. The van der Waals surface area contributed by atoms with Crippen LogP contribution in [0, 0.1) is 12.7 Å². The van der Waals surface area contributed by atoms with Crippen molar-refractivity contribution in [1.82, 2.24) is 10.2 Å². The van der Waals surface area contributed by atoms with E-state index < -0.39 is 0 Å². The van der Waals surface area contributed by atoms with Crippen molar-refractivity contribution in [1.29, 1.82) is 0 Å². The summed E-state index contributed by atoms with van der Waals surface area (Å²) in [6.07, 6.45) is 0. The van der Waals surface area contributed by atoms with E-state index in [4.69, 9.17) is 9.15 Å². The van der Waals surface area contributed by atoms with Gasteiger partial charge >= 0.3 is 0 Å². The van der Waals surface area contributed by atoms with Crippen LogP contribution in [0.3, 0.4) is 0 Å². The standard InChI is InChI=1S/C16H13FN2O2/c1-11-5-7-14(8-6-11)20-10-15-18-19-16(21-15)12-3-2-4-13(17)9-12/h2-9H,10H2,1H3. The fourth-order valence-corrected chi connectivity index (χ4v) is 1.83. The van der Waals surface area contributed by atoms with Crippen molar-refractivity contribution in [2.75, 3.05) is 0 Å². The van der Waals surface area contributed by atoms with Gasteiger partial charge in [0.1, 0.15) is 11.6 Å². The minimum absolute atomic E-state index is 0.172. The molecular weight excluding hydrogens is 271 g/mol. The van der Waals surface area contributed by atoms with Crippen LogP contribution in [0.5, 0.6) is 5.75 Å². The molecule has 5 heteroatoms. The molecule has 21 heavy (non-hydrogen) atoms. The Morgan fingerprint density at radius 2 is 1.90 bits per heavy atom. The minimum Gasteiger partial charge on any atom is -0.484 e. The van der Waals surface area contributed by atoms with Gasteiger partial charge in [-0.2, -0.15) is 0 Å². The summed E-state index contributed by atoms with van der Waals surface area (Å²) < 4.78 is 24.2. The average molecular weight is 284 g/mol. The molecule has 0 N–H and O–H groups in total. The molecule has 0 amide bonds. The molecule has 0 unspecified atom stereocenters. The van der Waals surface area contributed by atoms with Gasteiger partial charge in [-0.1, -0.05) is 23.8 Å². The molecule has 0 fully saturated rings. The molecular formula is C16H13FN2O2. The highest BCUT2D eigenvalue weighted by molar-refractivity contribution is 5.52. The Morgan fingerprint density at radius 1 is 1.10 bits per heavy atom. The second-order valence-electron chi connectivity index (χ2n) is 4.61. The number of ether oxygens (including phenoxy) is 1. The van der Waals surface area contributed by atoms with Gasteiger partial charge in [-0.05, 0) is 37.3 Å². The quantitative estimate of drug-likeness (QED) is 0.732. The Kier molecular flexibility index (Phi) is 3.64. The molecule has 0 aliphatic carbocycles. The third kappa shape index (κ3) is 3.25. The average Bonchev–Trinajstić information content (AvgIpc) is 2.96. The molecule has 3 aromatic rings. The molecule has 4 nitrogen and oxygen atoms in total. The van der Waals surface area contributed by atoms with Gasteiger partial charge in [-0.25, -0.2) is 4.39 Å². The SMILES string of the molecule is Cc1ccc(OCc2nnc(-c3cccc(F)c3)o2)cc1. The highest BCUT2D eigenvalue weighted by Crippen LogP contribution is 2.19. The smallest absolute Gasteiger partial charge is 0.254 e. The first-order valence-corrected chi connectivity index (χ1v) is 6.48. The summed E-state index contributed by atoms with van der Waals surface area (Å²) in [5.74, 6) is 1.00. The zero-order valence-corrected chi connectivity index (χ0v) is 11.4. The number of aromatic nitrogens is 2. The molecule has 0 radical (unpaired) electrons. The molecule has 0 aliphatic rings. The van der Waals surface area contributed by atoms with Crippen LogP contribution in [0.1, 0.15) is 11.5 Å². The van der Waals surface area contributed by atoms with Crippen LogP contribution < -0.4 is 4.74 Å². The summed E-state index contributed by atoms with van der Waals surface area (Å²) in [5.41, 5.74) is 1.71. The van der Waals surface area contributed by atoms with Gasteiger partial charge in [0, 0.05) is 5.56 Å². The molecule has 1 aromatic heterocycles. The van der Waals surface area contributed by atoms with E-state index in [9.17, 15) is 4.39 Å². The molecule has 106 valence electrons. The van der Waals surface area contributed by atoms with E-state index in [2.05, 4.69) is 10.2 Å². The Balaban J connectivity index is 1.69. The van der Waals surface area contributed by atoms with Gasteiger partial charge in [0.05, 0.1) is 0 Å². The predicted octanol–water partition coefficient (Wildman–Crippen LogP) is 3.76. The molecule has 2 aromatic carbocycles. The van der Waals surface area contributed by atoms with E-state index >= 15 is 0 Å². The lowest BCUT2D eigenvalue weighted by Gasteiger charge is -2.02. The maximum Gasteiger partial charge on any atom is 0.254 e. The van der Waals surface area contributed by atoms with Crippen LogP contribution >= 0.6 is 0 Å². The summed E-state index contributed by atoms with van der Waals surface area (Å²) in [5, 5.41) is 7.78. The van der Waals surface area contributed by atoms with Gasteiger partial charge in [0.2, 0.25) is 5.89 Å². The lowest BCUT2D eigenvalue weighted by Crippen LogP contribution is -1.95. The van der Waals surface area contributed by atoms with Crippen molar-refractivity contribution in [3.05, 3.63) is 65.8 Å². The fraction of sp³-hybridized carbons (Fsp3) is 0.125. The number of benzene rings is 2. The first-order valence-electron chi connectivity index (χ1n) is 6.48. The minimum atomic E-state index is -0.344. The largest absolute Gasteiger partial charge is 0.484 e. The monoisotopic (exact) mass is 284 g/mol. The Hall–Kier alpha value is -2.69. The molecule has 0 saturated carbocycles. The molecule has 0 bridgehead atoms. The number of rotatable bonds is 4. The van der Waals surface area contributed by atoms with Crippen LogP contribution in [0.4, 0.5) is 4.39 Å². The zero-order valence-electron chi connectivity index (χ0n) is 11.4.